The zero-order chi connectivity index (χ0) is 21.8. The molecular formula is C22H14ClN5O2S. The molecular weight excluding hydrogens is 434 g/mol. The van der Waals surface area contributed by atoms with Gasteiger partial charge in [0.25, 0.3) is 11.5 Å². The molecule has 2 aromatic heterocycles. The number of carbonyl (C=O) groups is 1. The Hall–Kier alpha value is -3.93. The Morgan fingerprint density at radius 2 is 1.90 bits per heavy atom. The fraction of sp³-hybridized carbons (Fsp3) is 0. The first-order valence-electron chi connectivity index (χ1n) is 9.06. The van der Waals surface area contributed by atoms with Crippen LogP contribution >= 0.6 is 22.9 Å². The number of rotatable bonds is 5. The molecule has 7 nitrogen and oxygen atoms in total. The lowest BCUT2D eigenvalue weighted by atomic mass is 10.1. The van der Waals surface area contributed by atoms with E-state index in [1.54, 1.807) is 60.7 Å². The van der Waals surface area contributed by atoms with Crippen LogP contribution in [0.1, 0.15) is 15.2 Å². The number of nitrogens with zero attached hydrogens (tertiary/aromatic N) is 2. The van der Waals surface area contributed by atoms with Gasteiger partial charge in [-0.25, -0.2) is 4.98 Å². The number of nitriles is 1. The van der Waals surface area contributed by atoms with Crippen molar-refractivity contribution < 1.29 is 4.79 Å². The molecule has 3 N–H and O–H groups in total. The Kier molecular flexibility index (Phi) is 5.80. The van der Waals surface area contributed by atoms with Crippen LogP contribution in [0.25, 0.3) is 11.3 Å². The van der Waals surface area contributed by atoms with E-state index >= 15 is 0 Å². The minimum absolute atomic E-state index is 0.122. The molecule has 2 heterocycles. The molecule has 0 radical (unpaired) electrons. The first kappa shape index (κ1) is 20.3. The molecule has 4 rings (SSSR count). The van der Waals surface area contributed by atoms with Crippen molar-refractivity contribution >= 4 is 46.2 Å². The number of H-pyrrole nitrogens is 1. The Morgan fingerprint density at radius 3 is 2.61 bits per heavy atom. The molecule has 152 valence electrons. The van der Waals surface area contributed by atoms with Gasteiger partial charge in [0, 0.05) is 22.0 Å². The SMILES string of the molecule is N#Cc1c(-c2cccc(NC(=O)c3cccs3)c2)nc(Nc2ccc(Cl)cc2)[nH]c1=O. The number of aromatic nitrogens is 2. The molecule has 0 saturated heterocycles. The normalized spacial score (nSPS) is 10.3. The highest BCUT2D eigenvalue weighted by Crippen LogP contribution is 2.25. The maximum atomic E-state index is 12.5. The molecule has 2 aromatic carbocycles. The lowest BCUT2D eigenvalue weighted by molar-refractivity contribution is 0.103. The van der Waals surface area contributed by atoms with E-state index in [2.05, 4.69) is 20.6 Å². The van der Waals surface area contributed by atoms with Gasteiger partial charge in [-0.15, -0.1) is 11.3 Å². The van der Waals surface area contributed by atoms with E-state index in [0.29, 0.717) is 26.8 Å². The van der Waals surface area contributed by atoms with Gasteiger partial charge in [0.15, 0.2) is 0 Å². The molecule has 0 spiro atoms. The van der Waals surface area contributed by atoms with Crippen molar-refractivity contribution in [1.29, 1.82) is 5.26 Å². The topological polar surface area (TPSA) is 111 Å². The average molecular weight is 448 g/mol. The summed E-state index contributed by atoms with van der Waals surface area (Å²) in [7, 11) is 0. The second-order valence-corrected chi connectivity index (χ2v) is 7.78. The van der Waals surface area contributed by atoms with Gasteiger partial charge in [-0.3, -0.25) is 14.6 Å². The zero-order valence-corrected chi connectivity index (χ0v) is 17.4. The third kappa shape index (κ3) is 4.64. The van der Waals surface area contributed by atoms with Crippen molar-refractivity contribution in [3.05, 3.63) is 91.9 Å². The first-order chi connectivity index (χ1) is 15.0. The molecule has 0 saturated carbocycles. The number of carbonyl (C=O) groups excluding carboxylic acids is 1. The number of anilines is 3. The van der Waals surface area contributed by atoms with E-state index in [1.807, 2.05) is 11.4 Å². The number of benzene rings is 2. The van der Waals surface area contributed by atoms with Gasteiger partial charge < -0.3 is 10.6 Å². The first-order valence-corrected chi connectivity index (χ1v) is 10.3. The largest absolute Gasteiger partial charge is 0.326 e. The number of amides is 1. The maximum absolute atomic E-state index is 12.5. The molecule has 4 aromatic rings. The van der Waals surface area contributed by atoms with E-state index in [1.165, 1.54) is 11.3 Å². The van der Waals surface area contributed by atoms with E-state index in [4.69, 9.17) is 11.6 Å². The van der Waals surface area contributed by atoms with Gasteiger partial charge in [-0.2, -0.15) is 5.26 Å². The standard InChI is InChI=1S/C22H14ClN5O2S/c23-14-6-8-15(9-7-14)26-22-27-19(17(12-24)20(29)28-22)13-3-1-4-16(11-13)25-21(30)18-5-2-10-31-18/h1-11H,(H,25,30)(H2,26,27,28,29). The van der Waals surface area contributed by atoms with Gasteiger partial charge in [0.05, 0.1) is 10.6 Å². The van der Waals surface area contributed by atoms with Crippen LogP contribution in [0.15, 0.2) is 70.8 Å². The summed E-state index contributed by atoms with van der Waals surface area (Å²) in [6, 6.07) is 19.1. The quantitative estimate of drug-likeness (QED) is 0.398. The van der Waals surface area contributed by atoms with E-state index in [9.17, 15) is 14.9 Å². The predicted molar refractivity (Wildman–Crippen MR) is 122 cm³/mol. The summed E-state index contributed by atoms with van der Waals surface area (Å²) in [6.45, 7) is 0. The van der Waals surface area contributed by atoms with Crippen LogP contribution in [0.3, 0.4) is 0 Å². The third-order valence-electron chi connectivity index (χ3n) is 4.28. The monoisotopic (exact) mass is 447 g/mol. The predicted octanol–water partition coefficient (Wildman–Crippen LogP) is 5.02. The summed E-state index contributed by atoms with van der Waals surface area (Å²) in [6.07, 6.45) is 0. The van der Waals surface area contributed by atoms with Crippen molar-refractivity contribution in [2.75, 3.05) is 10.6 Å². The summed E-state index contributed by atoms with van der Waals surface area (Å²) in [5.74, 6) is -0.0639. The summed E-state index contributed by atoms with van der Waals surface area (Å²) >= 11 is 7.23. The number of hydrogen-bond donors (Lipinski definition) is 3. The molecule has 31 heavy (non-hydrogen) atoms. The highest BCUT2D eigenvalue weighted by atomic mass is 35.5. The van der Waals surface area contributed by atoms with Crippen LogP contribution in [0.5, 0.6) is 0 Å². The molecule has 9 heteroatoms. The second-order valence-electron chi connectivity index (χ2n) is 6.39. The van der Waals surface area contributed by atoms with Crippen molar-refractivity contribution in [2.45, 2.75) is 0 Å². The van der Waals surface area contributed by atoms with Gasteiger partial charge in [-0.05, 0) is 47.8 Å². The number of hydrogen-bond acceptors (Lipinski definition) is 6. The molecule has 0 aliphatic heterocycles. The van der Waals surface area contributed by atoms with Crippen LogP contribution in [-0.4, -0.2) is 15.9 Å². The molecule has 1 amide bonds. The molecule has 0 bridgehead atoms. The molecule has 0 atom stereocenters. The number of halogens is 1. The van der Waals surface area contributed by atoms with Crippen LogP contribution in [0.2, 0.25) is 5.02 Å². The minimum atomic E-state index is -0.572. The fourth-order valence-corrected chi connectivity index (χ4v) is 3.60. The Labute approximate surface area is 186 Å². The van der Waals surface area contributed by atoms with Crippen molar-refractivity contribution in [3.8, 4) is 17.3 Å². The average Bonchev–Trinajstić information content (AvgIpc) is 3.30. The molecule has 0 aliphatic carbocycles. The molecule has 0 aliphatic rings. The van der Waals surface area contributed by atoms with Gasteiger partial charge in [0.1, 0.15) is 11.6 Å². The van der Waals surface area contributed by atoms with Gasteiger partial charge in [-0.1, -0.05) is 29.8 Å². The van der Waals surface area contributed by atoms with Crippen molar-refractivity contribution in [2.24, 2.45) is 0 Å². The van der Waals surface area contributed by atoms with Crippen molar-refractivity contribution in [1.82, 2.24) is 9.97 Å². The number of aromatic amines is 1. The highest BCUT2D eigenvalue weighted by molar-refractivity contribution is 7.12. The molecule has 0 fully saturated rings. The Balaban J connectivity index is 1.69. The molecule has 0 unspecified atom stereocenters. The maximum Gasteiger partial charge on any atom is 0.270 e. The second kappa shape index (κ2) is 8.83. The Morgan fingerprint density at radius 1 is 1.10 bits per heavy atom. The van der Waals surface area contributed by atoms with E-state index in [-0.39, 0.29) is 23.1 Å². The summed E-state index contributed by atoms with van der Waals surface area (Å²) < 4.78 is 0. The van der Waals surface area contributed by atoms with E-state index < -0.39 is 5.56 Å². The van der Waals surface area contributed by atoms with Gasteiger partial charge >= 0.3 is 0 Å². The van der Waals surface area contributed by atoms with Crippen LogP contribution in [-0.2, 0) is 0 Å². The third-order valence-corrected chi connectivity index (χ3v) is 5.40. The van der Waals surface area contributed by atoms with Crippen LogP contribution in [0, 0.1) is 11.3 Å². The summed E-state index contributed by atoms with van der Waals surface area (Å²) in [4.78, 5) is 32.4. The Bertz CT molecular complexity index is 1340. The number of thiophene rings is 1. The summed E-state index contributed by atoms with van der Waals surface area (Å²) in [5.41, 5.74) is 1.22. The number of nitrogens with one attached hydrogen (secondary N) is 3. The minimum Gasteiger partial charge on any atom is -0.326 e. The zero-order valence-electron chi connectivity index (χ0n) is 15.8. The summed E-state index contributed by atoms with van der Waals surface area (Å²) in [5, 5.41) is 17.7. The lowest BCUT2D eigenvalue weighted by Gasteiger charge is -2.10. The smallest absolute Gasteiger partial charge is 0.270 e. The highest BCUT2D eigenvalue weighted by Gasteiger charge is 2.15. The van der Waals surface area contributed by atoms with E-state index in [0.717, 1.165) is 0 Å². The van der Waals surface area contributed by atoms with Crippen LogP contribution in [0.4, 0.5) is 17.3 Å². The lowest BCUT2D eigenvalue weighted by Crippen LogP contribution is -2.16. The van der Waals surface area contributed by atoms with Crippen LogP contribution < -0.4 is 16.2 Å². The van der Waals surface area contributed by atoms with Crippen molar-refractivity contribution in [3.63, 3.8) is 0 Å². The fourth-order valence-electron chi connectivity index (χ4n) is 2.86. The van der Waals surface area contributed by atoms with Gasteiger partial charge in [0.2, 0.25) is 5.95 Å².